The molecule has 1 aliphatic heterocycles. The Morgan fingerprint density at radius 3 is 2.79 bits per heavy atom. The average molecular weight is 407 g/mol. The molecule has 124 valence electrons. The third-order valence-corrected chi connectivity index (χ3v) is 4.93. The Kier molecular flexibility index (Phi) is 5.77. The maximum atomic E-state index is 11.8. The molecular weight excluding hydrogens is 392 g/mol. The van der Waals surface area contributed by atoms with Crippen molar-refractivity contribution in [2.75, 3.05) is 12.5 Å². The molecule has 0 radical (unpaired) electrons. The number of thioether (sulfide) groups is 1. The van der Waals surface area contributed by atoms with Crippen LogP contribution >= 0.6 is 27.7 Å². The molecule has 0 fully saturated rings. The van der Waals surface area contributed by atoms with E-state index in [9.17, 15) is 4.79 Å². The molecule has 0 unspecified atom stereocenters. The summed E-state index contributed by atoms with van der Waals surface area (Å²) in [6.07, 6.45) is 1.98. The van der Waals surface area contributed by atoms with E-state index in [-0.39, 0.29) is 12.7 Å². The smallest absolute Gasteiger partial charge is 0.240 e. The van der Waals surface area contributed by atoms with Crippen molar-refractivity contribution in [3.8, 4) is 11.5 Å². The number of fused-ring (bicyclic) bond motifs is 1. The standard InChI is InChI=1S/C17H15BrN2O3S/c18-14-9-16-15(22-11-23-16)8-12(14)10-19-20-17(21)6-7-24-13-4-2-1-3-5-13/h1-5,8-10H,6-7,11H2,(H,20,21). The van der Waals surface area contributed by atoms with Gasteiger partial charge in [-0.05, 0) is 40.2 Å². The van der Waals surface area contributed by atoms with Crippen LogP contribution in [-0.4, -0.2) is 24.7 Å². The van der Waals surface area contributed by atoms with E-state index in [4.69, 9.17) is 9.47 Å². The van der Waals surface area contributed by atoms with E-state index in [1.807, 2.05) is 42.5 Å². The summed E-state index contributed by atoms with van der Waals surface area (Å²) in [5.74, 6) is 1.96. The van der Waals surface area contributed by atoms with E-state index in [2.05, 4.69) is 26.5 Å². The van der Waals surface area contributed by atoms with Crippen LogP contribution in [0, 0.1) is 0 Å². The van der Waals surface area contributed by atoms with Crippen molar-refractivity contribution in [2.45, 2.75) is 11.3 Å². The number of rotatable bonds is 6. The van der Waals surface area contributed by atoms with E-state index < -0.39 is 0 Å². The molecule has 0 saturated carbocycles. The predicted octanol–water partition coefficient (Wildman–Crippen LogP) is 3.81. The number of nitrogens with zero attached hydrogens (tertiary/aromatic N) is 1. The molecule has 1 N–H and O–H groups in total. The zero-order valence-electron chi connectivity index (χ0n) is 12.7. The molecular formula is C17H15BrN2O3S. The SMILES string of the molecule is O=C(CCSc1ccccc1)NN=Cc1cc2c(cc1Br)OCO2. The molecule has 5 nitrogen and oxygen atoms in total. The zero-order chi connectivity index (χ0) is 16.8. The van der Waals surface area contributed by atoms with Crippen LogP contribution < -0.4 is 14.9 Å². The van der Waals surface area contributed by atoms with Gasteiger partial charge in [-0.25, -0.2) is 5.43 Å². The largest absolute Gasteiger partial charge is 0.454 e. The molecule has 1 heterocycles. The van der Waals surface area contributed by atoms with Gasteiger partial charge in [0, 0.05) is 27.1 Å². The maximum Gasteiger partial charge on any atom is 0.240 e. The van der Waals surface area contributed by atoms with Crippen LogP contribution in [0.25, 0.3) is 0 Å². The van der Waals surface area contributed by atoms with Gasteiger partial charge >= 0.3 is 0 Å². The van der Waals surface area contributed by atoms with Gasteiger partial charge in [0.2, 0.25) is 12.7 Å². The van der Waals surface area contributed by atoms with Crippen LogP contribution in [-0.2, 0) is 4.79 Å². The van der Waals surface area contributed by atoms with Gasteiger partial charge in [0.25, 0.3) is 0 Å². The molecule has 0 atom stereocenters. The van der Waals surface area contributed by atoms with Crippen LogP contribution in [0.15, 0.2) is 56.9 Å². The van der Waals surface area contributed by atoms with Gasteiger partial charge < -0.3 is 9.47 Å². The summed E-state index contributed by atoms with van der Waals surface area (Å²) in [5.41, 5.74) is 3.34. The molecule has 0 aromatic heterocycles. The monoisotopic (exact) mass is 406 g/mol. The Morgan fingerprint density at radius 1 is 1.25 bits per heavy atom. The Labute approximate surface area is 152 Å². The first kappa shape index (κ1) is 16.9. The van der Waals surface area contributed by atoms with E-state index in [1.165, 1.54) is 0 Å². The summed E-state index contributed by atoms with van der Waals surface area (Å²) in [6.45, 7) is 0.220. The number of ether oxygens (including phenoxy) is 2. The summed E-state index contributed by atoms with van der Waals surface area (Å²) >= 11 is 5.09. The first-order valence-electron chi connectivity index (χ1n) is 7.31. The van der Waals surface area contributed by atoms with Gasteiger partial charge in [-0.1, -0.05) is 18.2 Å². The van der Waals surface area contributed by atoms with E-state index in [0.29, 0.717) is 23.7 Å². The summed E-state index contributed by atoms with van der Waals surface area (Å²) < 4.78 is 11.4. The molecule has 0 spiro atoms. The van der Waals surface area contributed by atoms with Crippen LogP contribution in [0.3, 0.4) is 0 Å². The van der Waals surface area contributed by atoms with Crippen molar-refractivity contribution >= 4 is 39.8 Å². The Balaban J connectivity index is 1.47. The number of halogens is 1. The number of benzene rings is 2. The molecule has 2 aromatic rings. The normalized spacial score (nSPS) is 12.5. The van der Waals surface area contributed by atoms with Crippen LogP contribution in [0.4, 0.5) is 0 Å². The summed E-state index contributed by atoms with van der Waals surface area (Å²) in [6, 6.07) is 13.6. The predicted molar refractivity (Wildman–Crippen MR) is 97.8 cm³/mol. The van der Waals surface area contributed by atoms with Gasteiger partial charge in [0.15, 0.2) is 11.5 Å². The Morgan fingerprint density at radius 2 is 2.00 bits per heavy atom. The first-order valence-corrected chi connectivity index (χ1v) is 9.09. The minimum absolute atomic E-state index is 0.119. The highest BCUT2D eigenvalue weighted by Crippen LogP contribution is 2.36. The highest BCUT2D eigenvalue weighted by molar-refractivity contribution is 9.10. The van der Waals surface area contributed by atoms with Crippen molar-refractivity contribution in [3.05, 3.63) is 52.5 Å². The van der Waals surface area contributed by atoms with Crippen molar-refractivity contribution in [2.24, 2.45) is 5.10 Å². The highest BCUT2D eigenvalue weighted by Gasteiger charge is 2.15. The van der Waals surface area contributed by atoms with E-state index in [0.717, 1.165) is 14.9 Å². The van der Waals surface area contributed by atoms with Crippen molar-refractivity contribution in [1.82, 2.24) is 5.43 Å². The molecule has 1 amide bonds. The second kappa shape index (κ2) is 8.21. The number of carbonyl (C=O) groups excluding carboxylic acids is 1. The van der Waals surface area contributed by atoms with Gasteiger partial charge in [-0.2, -0.15) is 5.10 Å². The highest BCUT2D eigenvalue weighted by atomic mass is 79.9. The fourth-order valence-corrected chi connectivity index (χ4v) is 3.34. The Hall–Kier alpha value is -1.99. The quantitative estimate of drug-likeness (QED) is 0.450. The minimum Gasteiger partial charge on any atom is -0.454 e. The molecule has 1 aliphatic rings. The Bertz CT molecular complexity index is 753. The van der Waals surface area contributed by atoms with Crippen LogP contribution in [0.5, 0.6) is 11.5 Å². The molecule has 3 rings (SSSR count). The summed E-state index contributed by atoms with van der Waals surface area (Å²) in [4.78, 5) is 13.0. The maximum absolute atomic E-state index is 11.8. The topological polar surface area (TPSA) is 59.9 Å². The molecule has 0 bridgehead atoms. The van der Waals surface area contributed by atoms with E-state index >= 15 is 0 Å². The molecule has 0 aliphatic carbocycles. The lowest BCUT2D eigenvalue weighted by Gasteiger charge is -2.03. The number of carbonyl (C=O) groups is 1. The molecule has 2 aromatic carbocycles. The van der Waals surface area contributed by atoms with Gasteiger partial charge in [-0.3, -0.25) is 4.79 Å². The molecule has 0 saturated heterocycles. The van der Waals surface area contributed by atoms with Crippen molar-refractivity contribution in [3.63, 3.8) is 0 Å². The number of nitrogens with one attached hydrogen (secondary N) is 1. The number of hydrogen-bond acceptors (Lipinski definition) is 5. The second-order valence-electron chi connectivity index (χ2n) is 4.93. The van der Waals surface area contributed by atoms with Gasteiger partial charge in [-0.15, -0.1) is 11.8 Å². The lowest BCUT2D eigenvalue weighted by molar-refractivity contribution is -0.120. The third kappa shape index (κ3) is 4.52. The number of hydrogen-bond donors (Lipinski definition) is 1. The number of hydrazone groups is 1. The van der Waals surface area contributed by atoms with Crippen molar-refractivity contribution in [1.29, 1.82) is 0 Å². The minimum atomic E-state index is -0.119. The lowest BCUT2D eigenvalue weighted by Crippen LogP contribution is -2.17. The second-order valence-corrected chi connectivity index (χ2v) is 6.95. The van der Waals surface area contributed by atoms with E-state index in [1.54, 1.807) is 18.0 Å². The fraction of sp³-hybridized carbons (Fsp3) is 0.176. The average Bonchev–Trinajstić information content (AvgIpc) is 3.03. The molecule has 24 heavy (non-hydrogen) atoms. The van der Waals surface area contributed by atoms with Gasteiger partial charge in [0.05, 0.1) is 6.21 Å². The zero-order valence-corrected chi connectivity index (χ0v) is 15.1. The fourth-order valence-electron chi connectivity index (χ4n) is 2.04. The van der Waals surface area contributed by atoms with Crippen LogP contribution in [0.1, 0.15) is 12.0 Å². The van der Waals surface area contributed by atoms with Gasteiger partial charge in [0.1, 0.15) is 0 Å². The first-order chi connectivity index (χ1) is 11.7. The van der Waals surface area contributed by atoms with Crippen molar-refractivity contribution < 1.29 is 14.3 Å². The lowest BCUT2D eigenvalue weighted by atomic mass is 10.2. The number of amides is 1. The molecule has 7 heteroatoms. The summed E-state index contributed by atoms with van der Waals surface area (Å²) in [5, 5.41) is 3.99. The summed E-state index contributed by atoms with van der Waals surface area (Å²) in [7, 11) is 0. The van der Waals surface area contributed by atoms with Crippen LogP contribution in [0.2, 0.25) is 0 Å². The third-order valence-electron chi connectivity index (χ3n) is 3.23.